The van der Waals surface area contributed by atoms with Crippen molar-refractivity contribution >= 4 is 5.91 Å². The molecule has 3 heteroatoms. The zero-order chi connectivity index (χ0) is 15.7. The van der Waals surface area contributed by atoms with Crippen LogP contribution >= 0.6 is 0 Å². The first-order valence-corrected chi connectivity index (χ1v) is 8.99. The van der Waals surface area contributed by atoms with E-state index in [0.717, 1.165) is 44.7 Å². The number of carbonyl (C=O) groups excluding carboxylic acids is 1. The van der Waals surface area contributed by atoms with Crippen LogP contribution in [0.25, 0.3) is 0 Å². The lowest BCUT2D eigenvalue weighted by atomic mass is 10.1. The maximum absolute atomic E-state index is 12.3. The van der Waals surface area contributed by atoms with Gasteiger partial charge in [-0.2, -0.15) is 0 Å². The van der Waals surface area contributed by atoms with Crippen LogP contribution in [0.15, 0.2) is 0 Å². The second-order valence-electron chi connectivity index (χ2n) is 7.42. The van der Waals surface area contributed by atoms with E-state index in [1.165, 1.54) is 32.5 Å². The van der Waals surface area contributed by atoms with E-state index in [4.69, 9.17) is 0 Å². The zero-order valence-electron chi connectivity index (χ0n) is 14.7. The molecule has 0 aliphatic carbocycles. The molecule has 1 heterocycles. The van der Waals surface area contributed by atoms with E-state index in [-0.39, 0.29) is 0 Å². The molecule has 1 aliphatic rings. The molecule has 0 aromatic heterocycles. The van der Waals surface area contributed by atoms with E-state index in [1.54, 1.807) is 0 Å². The lowest BCUT2D eigenvalue weighted by Gasteiger charge is -2.29. The summed E-state index contributed by atoms with van der Waals surface area (Å²) in [6.45, 7) is 14.5. The minimum Gasteiger partial charge on any atom is -0.343 e. The number of carbonyl (C=O) groups is 1. The Labute approximate surface area is 132 Å². The summed E-state index contributed by atoms with van der Waals surface area (Å²) in [4.78, 5) is 17.0. The highest BCUT2D eigenvalue weighted by Gasteiger charge is 2.15. The van der Waals surface area contributed by atoms with E-state index >= 15 is 0 Å². The van der Waals surface area contributed by atoms with E-state index in [9.17, 15) is 4.79 Å². The smallest absolute Gasteiger partial charge is 0.222 e. The number of nitrogens with zero attached hydrogens (tertiary/aromatic N) is 2. The first-order chi connectivity index (χ1) is 9.99. The third-order valence-corrected chi connectivity index (χ3v) is 4.22. The highest BCUT2D eigenvalue weighted by Crippen LogP contribution is 2.11. The minimum atomic E-state index is 0.378. The molecule has 0 bridgehead atoms. The van der Waals surface area contributed by atoms with Gasteiger partial charge in [0.1, 0.15) is 0 Å². The fourth-order valence-corrected chi connectivity index (χ4v) is 3.02. The SMILES string of the molecule is CC(C)CCC(=O)N1CCCCN(CC(C)C)CCCC1. The Morgan fingerprint density at radius 1 is 0.857 bits per heavy atom. The third-order valence-electron chi connectivity index (χ3n) is 4.22. The molecule has 0 unspecified atom stereocenters. The van der Waals surface area contributed by atoms with Crippen LogP contribution in [0.5, 0.6) is 0 Å². The number of hydrogen-bond donors (Lipinski definition) is 0. The van der Waals surface area contributed by atoms with Crippen LogP contribution in [-0.2, 0) is 4.79 Å². The van der Waals surface area contributed by atoms with E-state index in [1.807, 2.05) is 0 Å². The first kappa shape index (κ1) is 18.5. The molecule has 0 aromatic rings. The van der Waals surface area contributed by atoms with Crippen LogP contribution in [0.3, 0.4) is 0 Å². The summed E-state index contributed by atoms with van der Waals surface area (Å²) in [7, 11) is 0. The number of rotatable bonds is 5. The molecule has 0 saturated carbocycles. The molecule has 0 radical (unpaired) electrons. The van der Waals surface area contributed by atoms with Crippen molar-refractivity contribution in [3.8, 4) is 0 Å². The van der Waals surface area contributed by atoms with Crippen LogP contribution in [0.2, 0.25) is 0 Å². The monoisotopic (exact) mass is 296 g/mol. The molecule has 0 N–H and O–H groups in total. The van der Waals surface area contributed by atoms with Crippen molar-refractivity contribution in [1.29, 1.82) is 0 Å². The molecule has 1 amide bonds. The van der Waals surface area contributed by atoms with E-state index in [0.29, 0.717) is 11.8 Å². The molecule has 1 aliphatic heterocycles. The van der Waals surface area contributed by atoms with Gasteiger partial charge < -0.3 is 9.80 Å². The van der Waals surface area contributed by atoms with Gasteiger partial charge >= 0.3 is 0 Å². The van der Waals surface area contributed by atoms with Gasteiger partial charge in [0.25, 0.3) is 0 Å². The predicted octanol–water partition coefficient (Wildman–Crippen LogP) is 3.78. The Balaban J connectivity index is 2.37. The maximum Gasteiger partial charge on any atom is 0.222 e. The molecule has 1 saturated heterocycles. The Bertz CT molecular complexity index is 277. The average Bonchev–Trinajstić information content (AvgIpc) is 2.42. The quantitative estimate of drug-likeness (QED) is 0.771. The largest absolute Gasteiger partial charge is 0.343 e. The molecule has 0 atom stereocenters. The molecule has 124 valence electrons. The zero-order valence-corrected chi connectivity index (χ0v) is 14.7. The summed E-state index contributed by atoms with van der Waals surface area (Å²) < 4.78 is 0. The van der Waals surface area contributed by atoms with Gasteiger partial charge in [0, 0.05) is 26.1 Å². The van der Waals surface area contributed by atoms with Crippen LogP contribution in [0.4, 0.5) is 0 Å². The van der Waals surface area contributed by atoms with Crippen LogP contribution in [-0.4, -0.2) is 48.4 Å². The highest BCUT2D eigenvalue weighted by molar-refractivity contribution is 5.76. The average molecular weight is 296 g/mol. The molecule has 1 fully saturated rings. The normalized spacial score (nSPS) is 19.2. The Kier molecular flexibility index (Phi) is 8.98. The van der Waals surface area contributed by atoms with Gasteiger partial charge in [0.05, 0.1) is 0 Å². The van der Waals surface area contributed by atoms with Crippen molar-refractivity contribution < 1.29 is 4.79 Å². The summed E-state index contributed by atoms with van der Waals surface area (Å²) in [5.41, 5.74) is 0. The van der Waals surface area contributed by atoms with Crippen molar-refractivity contribution in [1.82, 2.24) is 9.80 Å². The van der Waals surface area contributed by atoms with Crippen molar-refractivity contribution in [2.45, 2.75) is 66.2 Å². The van der Waals surface area contributed by atoms with Gasteiger partial charge in [-0.25, -0.2) is 0 Å². The molecular weight excluding hydrogens is 260 g/mol. The summed E-state index contributed by atoms with van der Waals surface area (Å²) in [6, 6.07) is 0. The fraction of sp³-hybridized carbons (Fsp3) is 0.944. The molecule has 0 aromatic carbocycles. The lowest BCUT2D eigenvalue weighted by molar-refractivity contribution is -0.131. The Morgan fingerprint density at radius 3 is 1.86 bits per heavy atom. The molecule has 0 spiro atoms. The Morgan fingerprint density at radius 2 is 1.38 bits per heavy atom. The second-order valence-corrected chi connectivity index (χ2v) is 7.42. The van der Waals surface area contributed by atoms with Crippen LogP contribution in [0, 0.1) is 11.8 Å². The third kappa shape index (κ3) is 8.45. The number of amides is 1. The van der Waals surface area contributed by atoms with Crippen molar-refractivity contribution in [2.24, 2.45) is 11.8 Å². The second kappa shape index (κ2) is 10.2. The standard InChI is InChI=1S/C18H36N2O/c1-16(2)9-10-18(21)20-13-7-5-11-19(15-17(3)4)12-6-8-14-20/h16-17H,5-15H2,1-4H3. The van der Waals surface area contributed by atoms with E-state index in [2.05, 4.69) is 37.5 Å². The summed E-state index contributed by atoms with van der Waals surface area (Å²) in [5, 5.41) is 0. The summed E-state index contributed by atoms with van der Waals surface area (Å²) in [5.74, 6) is 1.75. The summed E-state index contributed by atoms with van der Waals surface area (Å²) in [6.07, 6.45) is 6.51. The molecular formula is C18H36N2O. The predicted molar refractivity (Wildman–Crippen MR) is 90.4 cm³/mol. The maximum atomic E-state index is 12.3. The lowest BCUT2D eigenvalue weighted by Crippen LogP contribution is -2.36. The van der Waals surface area contributed by atoms with Crippen molar-refractivity contribution in [3.63, 3.8) is 0 Å². The molecule has 1 rings (SSSR count). The van der Waals surface area contributed by atoms with Gasteiger partial charge in [-0.15, -0.1) is 0 Å². The van der Waals surface area contributed by atoms with Gasteiger partial charge in [0.2, 0.25) is 5.91 Å². The summed E-state index contributed by atoms with van der Waals surface area (Å²) >= 11 is 0. The topological polar surface area (TPSA) is 23.6 Å². The Hall–Kier alpha value is -0.570. The fourth-order valence-electron chi connectivity index (χ4n) is 3.02. The van der Waals surface area contributed by atoms with Gasteiger partial charge in [0.15, 0.2) is 0 Å². The van der Waals surface area contributed by atoms with Crippen LogP contribution < -0.4 is 0 Å². The van der Waals surface area contributed by atoms with Gasteiger partial charge in [-0.1, -0.05) is 27.7 Å². The first-order valence-electron chi connectivity index (χ1n) is 8.99. The van der Waals surface area contributed by atoms with Gasteiger partial charge in [-0.05, 0) is 57.0 Å². The van der Waals surface area contributed by atoms with E-state index < -0.39 is 0 Å². The highest BCUT2D eigenvalue weighted by atomic mass is 16.2. The minimum absolute atomic E-state index is 0.378. The number of hydrogen-bond acceptors (Lipinski definition) is 2. The van der Waals surface area contributed by atoms with Gasteiger partial charge in [-0.3, -0.25) is 4.79 Å². The van der Waals surface area contributed by atoms with Crippen molar-refractivity contribution in [2.75, 3.05) is 32.7 Å². The molecule has 3 nitrogen and oxygen atoms in total. The van der Waals surface area contributed by atoms with Crippen LogP contribution in [0.1, 0.15) is 66.2 Å². The molecule has 21 heavy (non-hydrogen) atoms. The van der Waals surface area contributed by atoms with Crippen molar-refractivity contribution in [3.05, 3.63) is 0 Å².